The fraction of sp³-hybridized carbons (Fsp3) is 0.182. The maximum absolute atomic E-state index is 5.57. The zero-order valence-electron chi connectivity index (χ0n) is 8.14. The lowest BCUT2D eigenvalue weighted by Gasteiger charge is -2.03. The molecule has 3 nitrogen and oxygen atoms in total. The molecule has 0 saturated carbocycles. The fourth-order valence-corrected chi connectivity index (χ4v) is 1.38. The van der Waals surface area contributed by atoms with Gasteiger partial charge in [-0.15, -0.1) is 0 Å². The van der Waals surface area contributed by atoms with Crippen molar-refractivity contribution in [3.63, 3.8) is 0 Å². The topological polar surface area (TPSA) is 43.8 Å². The third kappa shape index (κ3) is 1.67. The third-order valence-corrected chi connectivity index (χ3v) is 2.13. The van der Waals surface area contributed by atoms with Crippen LogP contribution < -0.4 is 5.73 Å². The van der Waals surface area contributed by atoms with Crippen LogP contribution >= 0.6 is 0 Å². The zero-order valence-corrected chi connectivity index (χ0v) is 8.14. The van der Waals surface area contributed by atoms with Gasteiger partial charge in [0, 0.05) is 12.7 Å². The highest BCUT2D eigenvalue weighted by molar-refractivity contribution is 5.35. The largest absolute Gasteiger partial charge is 0.326 e. The predicted octanol–water partition coefficient (Wildman–Crippen LogP) is 1.64. The summed E-state index contributed by atoms with van der Waals surface area (Å²) in [5.74, 6) is 0. The molecule has 1 aromatic heterocycles. The van der Waals surface area contributed by atoms with Crippen molar-refractivity contribution in [1.29, 1.82) is 0 Å². The van der Waals surface area contributed by atoms with Gasteiger partial charge in [-0.2, -0.15) is 5.10 Å². The van der Waals surface area contributed by atoms with E-state index in [1.54, 1.807) is 0 Å². The lowest BCUT2D eigenvalue weighted by molar-refractivity contribution is 0.859. The summed E-state index contributed by atoms with van der Waals surface area (Å²) in [6.07, 6.45) is 1.95. The van der Waals surface area contributed by atoms with E-state index < -0.39 is 0 Å². The Morgan fingerprint density at radius 3 is 2.86 bits per heavy atom. The van der Waals surface area contributed by atoms with Gasteiger partial charge in [-0.05, 0) is 30.7 Å². The number of nitrogens with zero attached hydrogens (tertiary/aromatic N) is 2. The minimum Gasteiger partial charge on any atom is -0.326 e. The molecule has 0 aliphatic carbocycles. The van der Waals surface area contributed by atoms with E-state index in [0.29, 0.717) is 6.54 Å². The summed E-state index contributed by atoms with van der Waals surface area (Å²) in [6.45, 7) is 2.54. The minimum absolute atomic E-state index is 0.564. The molecule has 3 heteroatoms. The lowest BCUT2D eigenvalue weighted by atomic mass is 10.2. The lowest BCUT2D eigenvalue weighted by Crippen LogP contribution is -1.99. The third-order valence-electron chi connectivity index (χ3n) is 2.13. The van der Waals surface area contributed by atoms with E-state index in [2.05, 4.69) is 5.10 Å². The van der Waals surface area contributed by atoms with Crippen molar-refractivity contribution in [3.05, 3.63) is 47.8 Å². The van der Waals surface area contributed by atoms with E-state index in [9.17, 15) is 0 Å². The molecule has 2 N–H and O–H groups in total. The molecule has 1 aromatic carbocycles. The number of nitrogens with two attached hydrogens (primary N) is 1. The van der Waals surface area contributed by atoms with Gasteiger partial charge in [-0.3, -0.25) is 0 Å². The first kappa shape index (κ1) is 8.97. The van der Waals surface area contributed by atoms with Gasteiger partial charge in [0.15, 0.2) is 0 Å². The van der Waals surface area contributed by atoms with Crippen LogP contribution in [0.15, 0.2) is 36.5 Å². The first-order valence-corrected chi connectivity index (χ1v) is 4.61. The molecule has 0 radical (unpaired) electrons. The van der Waals surface area contributed by atoms with Crippen LogP contribution in [0.3, 0.4) is 0 Å². The first-order chi connectivity index (χ1) is 6.79. The van der Waals surface area contributed by atoms with Gasteiger partial charge in [-0.1, -0.05) is 12.1 Å². The Hall–Kier alpha value is -1.61. The fourth-order valence-electron chi connectivity index (χ4n) is 1.38. The number of hydrogen-bond acceptors (Lipinski definition) is 2. The van der Waals surface area contributed by atoms with Gasteiger partial charge < -0.3 is 5.73 Å². The van der Waals surface area contributed by atoms with E-state index >= 15 is 0 Å². The van der Waals surface area contributed by atoms with Crippen LogP contribution in [0, 0.1) is 6.92 Å². The molecule has 0 aliphatic rings. The van der Waals surface area contributed by atoms with Gasteiger partial charge in [0.25, 0.3) is 0 Å². The molecule has 0 fully saturated rings. The number of hydrogen-bond donors (Lipinski definition) is 1. The van der Waals surface area contributed by atoms with Crippen molar-refractivity contribution in [3.8, 4) is 5.69 Å². The van der Waals surface area contributed by atoms with Crippen LogP contribution in [-0.2, 0) is 6.54 Å². The minimum atomic E-state index is 0.564. The van der Waals surface area contributed by atoms with Crippen LogP contribution in [0.25, 0.3) is 5.69 Å². The van der Waals surface area contributed by atoms with Crippen molar-refractivity contribution in [1.82, 2.24) is 9.78 Å². The normalized spacial score (nSPS) is 10.4. The molecule has 1 heterocycles. The second-order valence-electron chi connectivity index (χ2n) is 3.28. The highest BCUT2D eigenvalue weighted by Crippen LogP contribution is 2.09. The average Bonchev–Trinajstić information content (AvgIpc) is 2.65. The Morgan fingerprint density at radius 2 is 2.21 bits per heavy atom. The highest BCUT2D eigenvalue weighted by Gasteiger charge is 1.98. The van der Waals surface area contributed by atoms with Crippen molar-refractivity contribution in [2.75, 3.05) is 0 Å². The van der Waals surface area contributed by atoms with Gasteiger partial charge in [0.1, 0.15) is 0 Å². The van der Waals surface area contributed by atoms with Crippen molar-refractivity contribution in [2.24, 2.45) is 5.73 Å². The van der Waals surface area contributed by atoms with Crippen LogP contribution in [0.2, 0.25) is 0 Å². The SMILES string of the molecule is Cc1ccn(-c2cccc(CN)c2)n1. The Balaban J connectivity index is 2.41. The number of benzene rings is 1. The molecule has 0 aliphatic heterocycles. The Morgan fingerprint density at radius 1 is 1.36 bits per heavy atom. The summed E-state index contributed by atoms with van der Waals surface area (Å²) in [5.41, 5.74) is 8.77. The Bertz CT molecular complexity index is 432. The van der Waals surface area contributed by atoms with E-state index in [1.807, 2.05) is 48.1 Å². The van der Waals surface area contributed by atoms with E-state index in [0.717, 1.165) is 16.9 Å². The maximum Gasteiger partial charge on any atom is 0.0648 e. The van der Waals surface area contributed by atoms with Crippen LogP contribution in [0.1, 0.15) is 11.3 Å². The summed E-state index contributed by atoms with van der Waals surface area (Å²) in [4.78, 5) is 0. The number of aryl methyl sites for hydroxylation is 1. The van der Waals surface area contributed by atoms with Crippen LogP contribution in [0.4, 0.5) is 0 Å². The van der Waals surface area contributed by atoms with Gasteiger partial charge in [0.05, 0.1) is 11.4 Å². The molecule has 72 valence electrons. The maximum atomic E-state index is 5.57. The van der Waals surface area contributed by atoms with E-state index in [4.69, 9.17) is 5.73 Å². The van der Waals surface area contributed by atoms with Gasteiger partial charge in [-0.25, -0.2) is 4.68 Å². The Labute approximate surface area is 83.2 Å². The molecule has 14 heavy (non-hydrogen) atoms. The molecule has 2 aromatic rings. The quantitative estimate of drug-likeness (QED) is 0.776. The average molecular weight is 187 g/mol. The molecule has 0 atom stereocenters. The van der Waals surface area contributed by atoms with Gasteiger partial charge >= 0.3 is 0 Å². The second kappa shape index (κ2) is 3.64. The molecule has 0 unspecified atom stereocenters. The standard InChI is InChI=1S/C11H13N3/c1-9-5-6-14(13-9)11-4-2-3-10(7-11)8-12/h2-7H,8,12H2,1H3. The second-order valence-corrected chi connectivity index (χ2v) is 3.28. The monoisotopic (exact) mass is 187 g/mol. The summed E-state index contributed by atoms with van der Waals surface area (Å²) in [7, 11) is 0. The molecular formula is C11H13N3. The molecule has 0 bridgehead atoms. The van der Waals surface area contributed by atoms with E-state index in [1.165, 1.54) is 0 Å². The number of aromatic nitrogens is 2. The molecular weight excluding hydrogens is 174 g/mol. The molecule has 0 spiro atoms. The molecule has 2 rings (SSSR count). The summed E-state index contributed by atoms with van der Waals surface area (Å²) >= 11 is 0. The van der Waals surface area contributed by atoms with Crippen molar-refractivity contribution in [2.45, 2.75) is 13.5 Å². The summed E-state index contributed by atoms with van der Waals surface area (Å²) < 4.78 is 1.86. The smallest absolute Gasteiger partial charge is 0.0648 e. The highest BCUT2D eigenvalue weighted by atomic mass is 15.3. The molecule has 0 saturated heterocycles. The summed E-state index contributed by atoms with van der Waals surface area (Å²) in [5, 5.41) is 4.33. The predicted molar refractivity (Wildman–Crippen MR) is 56.2 cm³/mol. The first-order valence-electron chi connectivity index (χ1n) is 4.61. The van der Waals surface area contributed by atoms with Crippen molar-refractivity contribution >= 4 is 0 Å². The zero-order chi connectivity index (χ0) is 9.97. The molecule has 0 amide bonds. The summed E-state index contributed by atoms with van der Waals surface area (Å²) in [6, 6.07) is 10.1. The van der Waals surface area contributed by atoms with Crippen molar-refractivity contribution < 1.29 is 0 Å². The van der Waals surface area contributed by atoms with E-state index in [-0.39, 0.29) is 0 Å². The Kier molecular flexibility index (Phi) is 2.33. The van der Waals surface area contributed by atoms with Crippen LogP contribution in [-0.4, -0.2) is 9.78 Å². The van der Waals surface area contributed by atoms with Crippen LogP contribution in [0.5, 0.6) is 0 Å². The van der Waals surface area contributed by atoms with Gasteiger partial charge in [0.2, 0.25) is 0 Å². The number of rotatable bonds is 2.